The number of aliphatic hydroxyl groups excluding tert-OH is 1. The molecule has 0 spiro atoms. The smallest absolute Gasteiger partial charge is 0.0681 e. The number of hydrogen-bond acceptors (Lipinski definition) is 2. The van der Waals surface area contributed by atoms with Gasteiger partial charge in [-0.1, -0.05) is 30.3 Å². The second-order valence-electron chi connectivity index (χ2n) is 3.03. The summed E-state index contributed by atoms with van der Waals surface area (Å²) in [6, 6.07) is 7.67. The maximum atomic E-state index is 8.91. The number of benzene rings is 1. The molecule has 0 saturated heterocycles. The zero-order valence-electron chi connectivity index (χ0n) is 7.61. The van der Waals surface area contributed by atoms with Crippen LogP contribution in [-0.4, -0.2) is 5.11 Å². The third kappa shape index (κ3) is 2.68. The molecule has 1 atom stereocenters. The van der Waals surface area contributed by atoms with Gasteiger partial charge in [-0.2, -0.15) is 0 Å². The van der Waals surface area contributed by atoms with Crippen LogP contribution in [0.1, 0.15) is 23.6 Å². The molecule has 0 amide bonds. The summed E-state index contributed by atoms with van der Waals surface area (Å²) in [4.78, 5) is 0. The van der Waals surface area contributed by atoms with E-state index in [1.807, 2.05) is 24.3 Å². The summed E-state index contributed by atoms with van der Waals surface area (Å²) < 4.78 is 0. The fourth-order valence-corrected chi connectivity index (χ4v) is 1.24. The highest BCUT2D eigenvalue weighted by Crippen LogP contribution is 2.15. The molecular weight excluding hydrogens is 162 g/mol. The van der Waals surface area contributed by atoms with Gasteiger partial charge in [-0.3, -0.25) is 0 Å². The van der Waals surface area contributed by atoms with Gasteiger partial charge in [-0.25, -0.2) is 0 Å². The first-order valence-corrected chi connectivity index (χ1v) is 4.34. The van der Waals surface area contributed by atoms with Crippen molar-refractivity contribution < 1.29 is 5.11 Å². The predicted molar refractivity (Wildman–Crippen MR) is 54.1 cm³/mol. The largest absolute Gasteiger partial charge is 0.392 e. The quantitative estimate of drug-likeness (QED) is 0.688. The van der Waals surface area contributed by atoms with Crippen LogP contribution in [0.5, 0.6) is 0 Å². The minimum absolute atomic E-state index is 0.0102. The molecule has 0 fully saturated rings. The highest BCUT2D eigenvalue weighted by atomic mass is 16.3. The van der Waals surface area contributed by atoms with E-state index >= 15 is 0 Å². The van der Waals surface area contributed by atoms with Gasteiger partial charge < -0.3 is 10.8 Å². The van der Waals surface area contributed by atoms with E-state index in [0.29, 0.717) is 0 Å². The first-order chi connectivity index (χ1) is 6.27. The van der Waals surface area contributed by atoms with Crippen LogP contribution < -0.4 is 5.73 Å². The SMILES string of the molecule is C=CCC(N)c1cccc(CO)c1. The molecule has 13 heavy (non-hydrogen) atoms. The molecule has 0 bridgehead atoms. The van der Waals surface area contributed by atoms with Gasteiger partial charge in [-0.05, 0) is 17.5 Å². The lowest BCUT2D eigenvalue weighted by Crippen LogP contribution is -2.09. The van der Waals surface area contributed by atoms with Crippen molar-refractivity contribution in [1.82, 2.24) is 0 Å². The molecular formula is C11H15NO. The lowest BCUT2D eigenvalue weighted by molar-refractivity contribution is 0.281. The topological polar surface area (TPSA) is 46.2 Å². The van der Waals surface area contributed by atoms with Crippen molar-refractivity contribution in [2.75, 3.05) is 0 Å². The van der Waals surface area contributed by atoms with Gasteiger partial charge in [0, 0.05) is 6.04 Å². The maximum absolute atomic E-state index is 8.91. The van der Waals surface area contributed by atoms with Crippen LogP contribution in [0.25, 0.3) is 0 Å². The van der Waals surface area contributed by atoms with E-state index in [9.17, 15) is 0 Å². The van der Waals surface area contributed by atoms with E-state index in [1.165, 1.54) is 0 Å². The minimum Gasteiger partial charge on any atom is -0.392 e. The van der Waals surface area contributed by atoms with E-state index in [4.69, 9.17) is 10.8 Å². The second kappa shape index (κ2) is 4.80. The summed E-state index contributed by atoms with van der Waals surface area (Å²) in [6.07, 6.45) is 2.56. The summed E-state index contributed by atoms with van der Waals surface area (Å²) in [5, 5.41) is 8.91. The minimum atomic E-state index is -0.0102. The van der Waals surface area contributed by atoms with E-state index < -0.39 is 0 Å². The highest BCUT2D eigenvalue weighted by Gasteiger charge is 2.03. The standard InChI is InChI=1S/C11H15NO/c1-2-4-11(12)10-6-3-5-9(7-10)8-13/h2-3,5-7,11,13H,1,4,8,12H2. The van der Waals surface area contributed by atoms with Crippen molar-refractivity contribution in [3.05, 3.63) is 48.0 Å². The summed E-state index contributed by atoms with van der Waals surface area (Å²) >= 11 is 0. The molecule has 0 radical (unpaired) electrons. The van der Waals surface area contributed by atoms with Crippen LogP contribution in [0.3, 0.4) is 0 Å². The summed E-state index contributed by atoms with van der Waals surface area (Å²) in [5.74, 6) is 0. The number of aliphatic hydroxyl groups is 1. The van der Waals surface area contributed by atoms with Gasteiger partial charge in [0.1, 0.15) is 0 Å². The van der Waals surface area contributed by atoms with Crippen LogP contribution in [0.2, 0.25) is 0 Å². The Kier molecular flexibility index (Phi) is 3.68. The molecule has 3 N–H and O–H groups in total. The molecule has 1 rings (SSSR count). The van der Waals surface area contributed by atoms with Crippen LogP contribution in [0, 0.1) is 0 Å². The van der Waals surface area contributed by atoms with Crippen LogP contribution in [0.15, 0.2) is 36.9 Å². The van der Waals surface area contributed by atoms with Crippen molar-refractivity contribution in [2.24, 2.45) is 5.73 Å². The van der Waals surface area contributed by atoms with E-state index in [0.717, 1.165) is 17.5 Å². The number of hydrogen-bond donors (Lipinski definition) is 2. The van der Waals surface area contributed by atoms with Crippen molar-refractivity contribution in [1.29, 1.82) is 0 Å². The molecule has 2 heteroatoms. The molecule has 0 aliphatic carbocycles. The lowest BCUT2D eigenvalue weighted by Gasteiger charge is -2.10. The Bertz CT molecular complexity index is 283. The molecule has 0 aliphatic heterocycles. The Morgan fingerprint density at radius 3 is 2.92 bits per heavy atom. The van der Waals surface area contributed by atoms with Crippen molar-refractivity contribution in [3.8, 4) is 0 Å². The van der Waals surface area contributed by atoms with Gasteiger partial charge in [0.2, 0.25) is 0 Å². The Hall–Kier alpha value is -1.12. The number of nitrogens with two attached hydrogens (primary N) is 1. The summed E-state index contributed by atoms with van der Waals surface area (Å²) in [6.45, 7) is 3.70. The monoisotopic (exact) mass is 177 g/mol. The van der Waals surface area contributed by atoms with Gasteiger partial charge in [0.05, 0.1) is 6.61 Å². The Morgan fingerprint density at radius 2 is 2.31 bits per heavy atom. The van der Waals surface area contributed by atoms with E-state index in [1.54, 1.807) is 6.08 Å². The molecule has 0 saturated carbocycles. The van der Waals surface area contributed by atoms with Crippen LogP contribution in [-0.2, 0) is 6.61 Å². The highest BCUT2D eigenvalue weighted by molar-refractivity contribution is 5.25. The summed E-state index contributed by atoms with van der Waals surface area (Å²) in [5.41, 5.74) is 7.82. The fourth-order valence-electron chi connectivity index (χ4n) is 1.24. The Labute approximate surface area is 78.7 Å². The zero-order valence-corrected chi connectivity index (χ0v) is 7.61. The van der Waals surface area contributed by atoms with Crippen LogP contribution in [0.4, 0.5) is 0 Å². The zero-order chi connectivity index (χ0) is 9.68. The van der Waals surface area contributed by atoms with E-state index in [2.05, 4.69) is 6.58 Å². The number of rotatable bonds is 4. The second-order valence-corrected chi connectivity index (χ2v) is 3.03. The van der Waals surface area contributed by atoms with Gasteiger partial charge in [-0.15, -0.1) is 6.58 Å². The maximum Gasteiger partial charge on any atom is 0.0681 e. The molecule has 70 valence electrons. The summed E-state index contributed by atoms with van der Waals surface area (Å²) in [7, 11) is 0. The third-order valence-corrected chi connectivity index (χ3v) is 1.98. The average Bonchev–Trinajstić information content (AvgIpc) is 2.18. The molecule has 1 aromatic rings. The van der Waals surface area contributed by atoms with Gasteiger partial charge in [0.15, 0.2) is 0 Å². The lowest BCUT2D eigenvalue weighted by atomic mass is 10.0. The molecule has 2 nitrogen and oxygen atoms in total. The Balaban J connectivity index is 2.81. The molecule has 1 unspecified atom stereocenters. The normalized spacial score (nSPS) is 12.5. The first kappa shape index (κ1) is 9.96. The molecule has 0 aliphatic rings. The average molecular weight is 177 g/mol. The Morgan fingerprint density at radius 1 is 1.54 bits per heavy atom. The molecule has 1 aromatic carbocycles. The molecule has 0 heterocycles. The van der Waals surface area contributed by atoms with Crippen molar-refractivity contribution in [3.63, 3.8) is 0 Å². The fraction of sp³-hybridized carbons (Fsp3) is 0.273. The first-order valence-electron chi connectivity index (χ1n) is 4.34. The van der Waals surface area contributed by atoms with Gasteiger partial charge >= 0.3 is 0 Å². The third-order valence-electron chi connectivity index (χ3n) is 1.98. The van der Waals surface area contributed by atoms with Crippen molar-refractivity contribution in [2.45, 2.75) is 19.1 Å². The van der Waals surface area contributed by atoms with E-state index in [-0.39, 0.29) is 12.6 Å². The molecule has 0 aromatic heterocycles. The van der Waals surface area contributed by atoms with Crippen molar-refractivity contribution >= 4 is 0 Å². The van der Waals surface area contributed by atoms with Gasteiger partial charge in [0.25, 0.3) is 0 Å². The van der Waals surface area contributed by atoms with Crippen LogP contribution >= 0.6 is 0 Å². The predicted octanol–water partition coefficient (Wildman–Crippen LogP) is 1.75.